The van der Waals surface area contributed by atoms with Gasteiger partial charge in [-0.05, 0) is 49.0 Å². The van der Waals surface area contributed by atoms with Gasteiger partial charge in [-0.3, -0.25) is 5.10 Å². The molecule has 1 aromatic heterocycles. The molecule has 1 fully saturated rings. The summed E-state index contributed by atoms with van der Waals surface area (Å²) < 4.78 is 3.06. The first-order valence-electron chi connectivity index (χ1n) is 6.56. The molecule has 1 N–H and O–H groups in total. The van der Waals surface area contributed by atoms with Gasteiger partial charge in [0.1, 0.15) is 5.82 Å². The highest BCUT2D eigenvalue weighted by molar-refractivity contribution is 7.71. The third-order valence-electron chi connectivity index (χ3n) is 4.07. The Balaban J connectivity index is 1.74. The minimum Gasteiger partial charge on any atom is -0.300 e. The lowest BCUT2D eigenvalue weighted by Crippen LogP contribution is -2.12. The van der Waals surface area contributed by atoms with E-state index >= 15 is 0 Å². The number of rotatable bonds is 2. The van der Waals surface area contributed by atoms with Crippen LogP contribution in [-0.4, -0.2) is 14.8 Å². The van der Waals surface area contributed by atoms with Crippen molar-refractivity contribution in [3.8, 4) is 0 Å². The molecule has 2 aliphatic carbocycles. The van der Waals surface area contributed by atoms with E-state index < -0.39 is 0 Å². The van der Waals surface area contributed by atoms with Crippen molar-refractivity contribution in [1.29, 1.82) is 0 Å². The Morgan fingerprint density at radius 1 is 1.17 bits per heavy atom. The standard InChI is InChI=1S/C14H15N3S/c18-14-16-15-13(9-5-6-9)17(14)12-7-10-3-1-2-4-11(10)8-12/h1-4,9,12H,5-8H2,(H,16,18). The molecule has 2 aliphatic rings. The Bertz CT molecular complexity index is 626. The first-order chi connectivity index (χ1) is 8.83. The van der Waals surface area contributed by atoms with Crippen LogP contribution in [0.25, 0.3) is 0 Å². The van der Waals surface area contributed by atoms with Gasteiger partial charge in [-0.15, -0.1) is 0 Å². The number of nitrogens with zero attached hydrogens (tertiary/aromatic N) is 2. The first-order valence-corrected chi connectivity index (χ1v) is 6.97. The van der Waals surface area contributed by atoms with Crippen molar-refractivity contribution < 1.29 is 0 Å². The number of fused-ring (bicyclic) bond motifs is 1. The van der Waals surface area contributed by atoms with Gasteiger partial charge in [-0.25, -0.2) is 0 Å². The summed E-state index contributed by atoms with van der Waals surface area (Å²) in [7, 11) is 0. The fourth-order valence-electron chi connectivity index (χ4n) is 3.02. The number of nitrogens with one attached hydrogen (secondary N) is 1. The van der Waals surface area contributed by atoms with Gasteiger partial charge in [0.15, 0.2) is 4.77 Å². The molecule has 1 saturated carbocycles. The van der Waals surface area contributed by atoms with Crippen molar-refractivity contribution in [3.05, 3.63) is 46.0 Å². The van der Waals surface area contributed by atoms with E-state index in [-0.39, 0.29) is 0 Å². The predicted octanol–water partition coefficient (Wildman–Crippen LogP) is 3.16. The van der Waals surface area contributed by atoms with E-state index in [1.807, 2.05) is 0 Å². The monoisotopic (exact) mass is 257 g/mol. The summed E-state index contributed by atoms with van der Waals surface area (Å²) in [6.07, 6.45) is 4.70. The Hall–Kier alpha value is -1.42. The molecule has 0 unspecified atom stereocenters. The molecule has 18 heavy (non-hydrogen) atoms. The zero-order chi connectivity index (χ0) is 12.1. The number of aromatic amines is 1. The normalized spacial score (nSPS) is 19.1. The lowest BCUT2D eigenvalue weighted by atomic mass is 10.1. The Kier molecular flexibility index (Phi) is 2.21. The second-order valence-corrected chi connectivity index (χ2v) is 5.75. The van der Waals surface area contributed by atoms with Gasteiger partial charge in [0.25, 0.3) is 0 Å². The summed E-state index contributed by atoms with van der Waals surface area (Å²) in [6, 6.07) is 9.17. The fraction of sp³-hybridized carbons (Fsp3) is 0.429. The van der Waals surface area contributed by atoms with Crippen LogP contribution in [0.2, 0.25) is 0 Å². The number of H-pyrrole nitrogens is 1. The molecule has 0 aliphatic heterocycles. The number of aromatic nitrogens is 3. The van der Waals surface area contributed by atoms with Crippen LogP contribution in [0, 0.1) is 4.77 Å². The molecule has 0 amide bonds. The highest BCUT2D eigenvalue weighted by Crippen LogP contribution is 2.41. The quantitative estimate of drug-likeness (QED) is 0.838. The van der Waals surface area contributed by atoms with E-state index in [2.05, 4.69) is 39.0 Å². The second-order valence-electron chi connectivity index (χ2n) is 5.36. The molecule has 3 nitrogen and oxygen atoms in total. The molecule has 4 rings (SSSR count). The molecule has 0 bridgehead atoms. The van der Waals surface area contributed by atoms with Crippen molar-refractivity contribution in [3.63, 3.8) is 0 Å². The fourth-order valence-corrected chi connectivity index (χ4v) is 3.31. The smallest absolute Gasteiger partial charge is 0.195 e. The van der Waals surface area contributed by atoms with Crippen molar-refractivity contribution >= 4 is 12.2 Å². The maximum absolute atomic E-state index is 5.41. The summed E-state index contributed by atoms with van der Waals surface area (Å²) in [5, 5.41) is 7.41. The second kappa shape index (κ2) is 3.79. The molecular formula is C14H15N3S. The van der Waals surface area contributed by atoms with E-state index in [4.69, 9.17) is 12.2 Å². The highest BCUT2D eigenvalue weighted by Gasteiger charge is 2.33. The van der Waals surface area contributed by atoms with Gasteiger partial charge in [0, 0.05) is 12.0 Å². The molecule has 4 heteroatoms. The van der Waals surface area contributed by atoms with Gasteiger partial charge in [-0.1, -0.05) is 24.3 Å². The zero-order valence-electron chi connectivity index (χ0n) is 10.1. The van der Waals surface area contributed by atoms with Crippen molar-refractivity contribution in [2.45, 2.75) is 37.6 Å². The molecule has 1 aromatic carbocycles. The molecule has 0 saturated heterocycles. The molecule has 1 heterocycles. The summed E-state index contributed by atoms with van der Waals surface area (Å²) in [6.45, 7) is 0. The molecule has 2 aromatic rings. The Labute approximate surface area is 111 Å². The minimum atomic E-state index is 0.462. The first kappa shape index (κ1) is 10.5. The van der Waals surface area contributed by atoms with E-state index in [0.29, 0.717) is 12.0 Å². The summed E-state index contributed by atoms with van der Waals surface area (Å²) >= 11 is 5.41. The van der Waals surface area contributed by atoms with Crippen LogP contribution in [0.4, 0.5) is 0 Å². The maximum atomic E-state index is 5.41. The van der Waals surface area contributed by atoms with Crippen LogP contribution in [0.15, 0.2) is 24.3 Å². The lowest BCUT2D eigenvalue weighted by molar-refractivity contribution is 0.501. The van der Waals surface area contributed by atoms with E-state index in [9.17, 15) is 0 Å². The number of benzene rings is 1. The average molecular weight is 257 g/mol. The third kappa shape index (κ3) is 1.56. The zero-order valence-corrected chi connectivity index (χ0v) is 10.9. The van der Waals surface area contributed by atoms with Crippen molar-refractivity contribution in [1.82, 2.24) is 14.8 Å². The summed E-state index contributed by atoms with van der Waals surface area (Å²) in [4.78, 5) is 0. The van der Waals surface area contributed by atoms with Crippen LogP contribution < -0.4 is 0 Å². The molecule has 0 atom stereocenters. The van der Waals surface area contributed by atoms with Crippen molar-refractivity contribution in [2.24, 2.45) is 0 Å². The van der Waals surface area contributed by atoms with Crippen LogP contribution in [-0.2, 0) is 12.8 Å². The van der Waals surface area contributed by atoms with Gasteiger partial charge in [-0.2, -0.15) is 5.10 Å². The number of hydrogen-bond donors (Lipinski definition) is 1. The van der Waals surface area contributed by atoms with Crippen LogP contribution in [0.3, 0.4) is 0 Å². The minimum absolute atomic E-state index is 0.462. The van der Waals surface area contributed by atoms with Gasteiger partial charge in [0.05, 0.1) is 0 Å². The van der Waals surface area contributed by atoms with Crippen LogP contribution >= 0.6 is 12.2 Å². The van der Waals surface area contributed by atoms with E-state index in [1.54, 1.807) is 0 Å². The predicted molar refractivity (Wildman–Crippen MR) is 72.3 cm³/mol. The van der Waals surface area contributed by atoms with Gasteiger partial charge >= 0.3 is 0 Å². The Morgan fingerprint density at radius 2 is 1.83 bits per heavy atom. The average Bonchev–Trinajstić information content (AvgIpc) is 3.01. The molecule has 0 radical (unpaired) electrons. The largest absolute Gasteiger partial charge is 0.300 e. The molecule has 92 valence electrons. The Morgan fingerprint density at radius 3 is 2.44 bits per heavy atom. The van der Waals surface area contributed by atoms with Crippen molar-refractivity contribution in [2.75, 3.05) is 0 Å². The number of hydrogen-bond acceptors (Lipinski definition) is 2. The molecule has 0 spiro atoms. The molecular weight excluding hydrogens is 242 g/mol. The van der Waals surface area contributed by atoms with Gasteiger partial charge in [0.2, 0.25) is 0 Å². The summed E-state index contributed by atoms with van der Waals surface area (Å²) in [5.41, 5.74) is 2.93. The SMILES string of the molecule is S=c1[nH]nc(C2CC2)n1C1Cc2ccccc2C1. The van der Waals surface area contributed by atoms with Gasteiger partial charge < -0.3 is 4.57 Å². The van der Waals surface area contributed by atoms with Crippen LogP contribution in [0.1, 0.15) is 41.8 Å². The van der Waals surface area contributed by atoms with E-state index in [1.165, 1.54) is 29.8 Å². The van der Waals surface area contributed by atoms with E-state index in [0.717, 1.165) is 17.6 Å². The highest BCUT2D eigenvalue weighted by atomic mass is 32.1. The summed E-state index contributed by atoms with van der Waals surface area (Å²) in [5.74, 6) is 1.82. The lowest BCUT2D eigenvalue weighted by Gasteiger charge is -2.13. The third-order valence-corrected chi connectivity index (χ3v) is 4.36. The topological polar surface area (TPSA) is 33.6 Å². The maximum Gasteiger partial charge on any atom is 0.195 e. The van der Waals surface area contributed by atoms with Crippen LogP contribution in [0.5, 0.6) is 0 Å².